The fraction of sp³-hybridized carbons (Fsp3) is 0.724. The number of carbonyl (C=O) groups is 4. The molecule has 0 heterocycles. The van der Waals surface area contributed by atoms with Crippen molar-refractivity contribution in [3.8, 4) is 0 Å². The van der Waals surface area contributed by atoms with Crippen molar-refractivity contribution in [2.75, 3.05) is 6.61 Å². The van der Waals surface area contributed by atoms with E-state index in [0.717, 1.165) is 25.7 Å². The molecule has 0 bridgehead atoms. The Hall–Kier alpha value is -2.28. The van der Waals surface area contributed by atoms with Gasteiger partial charge < -0.3 is 14.6 Å². The summed E-state index contributed by atoms with van der Waals surface area (Å²) in [7, 11) is 0. The summed E-state index contributed by atoms with van der Waals surface area (Å²) >= 11 is 0. The van der Waals surface area contributed by atoms with Crippen LogP contribution in [-0.4, -0.2) is 46.9 Å². The number of esters is 2. The summed E-state index contributed by atoms with van der Waals surface area (Å²) < 4.78 is 11.5. The first-order valence-corrected chi connectivity index (χ1v) is 13.2. The fourth-order valence-corrected chi connectivity index (χ4v) is 8.44. The molecule has 0 saturated heterocycles. The van der Waals surface area contributed by atoms with Gasteiger partial charge in [-0.3, -0.25) is 9.59 Å². The molecular weight excluding hydrogens is 460 g/mol. The Balaban J connectivity index is 1.62. The number of carbonyl (C=O) groups excluding carboxylic acids is 4. The first-order valence-electron chi connectivity index (χ1n) is 13.2. The highest BCUT2D eigenvalue weighted by Gasteiger charge is 2.71. The van der Waals surface area contributed by atoms with E-state index in [9.17, 15) is 24.3 Å². The Morgan fingerprint density at radius 2 is 1.67 bits per heavy atom. The molecule has 0 aliphatic heterocycles. The zero-order valence-corrected chi connectivity index (χ0v) is 22.1. The number of Topliss-reactive ketones (excluding diaryl/α,β-unsaturated/α-hetero) is 2. The van der Waals surface area contributed by atoms with E-state index in [0.29, 0.717) is 24.8 Å². The summed E-state index contributed by atoms with van der Waals surface area (Å²) in [4.78, 5) is 51.8. The van der Waals surface area contributed by atoms with Gasteiger partial charge in [0.05, 0.1) is 0 Å². The number of aliphatic hydroxyl groups is 1. The lowest BCUT2D eigenvalue weighted by Gasteiger charge is -2.60. The van der Waals surface area contributed by atoms with Crippen LogP contribution in [0.3, 0.4) is 0 Å². The zero-order chi connectivity index (χ0) is 26.6. The van der Waals surface area contributed by atoms with Gasteiger partial charge in [-0.1, -0.05) is 27.0 Å². The van der Waals surface area contributed by atoms with Gasteiger partial charge in [0, 0.05) is 28.9 Å². The van der Waals surface area contributed by atoms with Gasteiger partial charge in [-0.2, -0.15) is 0 Å². The normalized spacial score (nSPS) is 41.4. The molecule has 198 valence electrons. The molecule has 0 amide bonds. The van der Waals surface area contributed by atoms with Crippen molar-refractivity contribution in [2.24, 2.45) is 34.5 Å². The Labute approximate surface area is 213 Å². The number of hydrogen-bond acceptors (Lipinski definition) is 7. The molecule has 7 heteroatoms. The van der Waals surface area contributed by atoms with Crippen LogP contribution in [0.5, 0.6) is 0 Å². The van der Waals surface area contributed by atoms with Gasteiger partial charge in [0.25, 0.3) is 0 Å². The molecule has 0 unspecified atom stereocenters. The van der Waals surface area contributed by atoms with Crippen LogP contribution in [0.25, 0.3) is 0 Å². The maximum Gasteiger partial charge on any atom is 0.334 e. The maximum absolute atomic E-state index is 14.0. The average molecular weight is 501 g/mol. The third kappa shape index (κ3) is 3.89. The van der Waals surface area contributed by atoms with E-state index in [1.165, 1.54) is 6.92 Å². The van der Waals surface area contributed by atoms with Gasteiger partial charge in [-0.05, 0) is 82.0 Å². The minimum Gasteiger partial charge on any atom is -0.459 e. The van der Waals surface area contributed by atoms with Crippen LogP contribution in [0.2, 0.25) is 0 Å². The quantitative estimate of drug-likeness (QED) is 0.432. The number of aliphatic hydroxyl groups excluding tert-OH is 1. The van der Waals surface area contributed by atoms with Gasteiger partial charge in [0.1, 0.15) is 18.5 Å². The maximum atomic E-state index is 14.0. The predicted octanol–water partition coefficient (Wildman–Crippen LogP) is 4.12. The van der Waals surface area contributed by atoms with Crippen molar-refractivity contribution in [1.82, 2.24) is 0 Å². The number of ketones is 2. The van der Waals surface area contributed by atoms with Gasteiger partial charge in [-0.15, -0.1) is 0 Å². The Morgan fingerprint density at radius 3 is 2.28 bits per heavy atom. The fourth-order valence-electron chi connectivity index (χ4n) is 8.44. The second-order valence-corrected chi connectivity index (χ2v) is 12.3. The van der Waals surface area contributed by atoms with E-state index in [-0.39, 0.29) is 58.9 Å². The summed E-state index contributed by atoms with van der Waals surface area (Å²) in [6.45, 7) is 13.9. The zero-order valence-electron chi connectivity index (χ0n) is 22.1. The monoisotopic (exact) mass is 500 g/mol. The third-order valence-electron chi connectivity index (χ3n) is 10.3. The van der Waals surface area contributed by atoms with Crippen LogP contribution in [0.15, 0.2) is 24.3 Å². The first kappa shape index (κ1) is 26.8. The van der Waals surface area contributed by atoms with Crippen LogP contribution in [0.1, 0.15) is 79.1 Å². The molecule has 4 rings (SSSR count). The van der Waals surface area contributed by atoms with E-state index in [2.05, 4.69) is 20.1 Å². The van der Waals surface area contributed by atoms with Crippen LogP contribution >= 0.6 is 0 Å². The van der Waals surface area contributed by atoms with Crippen molar-refractivity contribution in [1.29, 1.82) is 0 Å². The molecular formula is C29H40O7. The lowest BCUT2D eigenvalue weighted by molar-refractivity contribution is -0.195. The molecule has 0 aromatic carbocycles. The standard InChI is InChI=1S/C29H40O7/c1-16(2)25(33)35-19-9-11-27(5)18(13-19)7-8-20-21-10-12-29(23(32)15-30,36-26(34)17(3)4)28(21,6)14-22(31)24(20)27/h18-21,24,30H,1,3,7-15H2,2,4-6H3/t18-,19-,20+,21+,24-,27+,28+,29+/m1/s1. The SMILES string of the molecule is C=C(C)C(=O)O[C@@H]1CC[C@@]2(C)[C@H](CC[C@@H]3[C@@H]2C(=O)C[C@@]2(C)[C@H]3CC[C@]2(OC(=O)C(=C)C)C(=O)CO)C1. The molecule has 4 aliphatic carbocycles. The lowest BCUT2D eigenvalue weighted by Crippen LogP contribution is -2.63. The highest BCUT2D eigenvalue weighted by molar-refractivity contribution is 5.96. The summed E-state index contributed by atoms with van der Waals surface area (Å²) in [6, 6.07) is 0. The highest BCUT2D eigenvalue weighted by atomic mass is 16.6. The van der Waals surface area contributed by atoms with E-state index >= 15 is 0 Å². The van der Waals surface area contributed by atoms with E-state index in [1.54, 1.807) is 6.92 Å². The summed E-state index contributed by atoms with van der Waals surface area (Å²) in [5.74, 6) is -1.18. The predicted molar refractivity (Wildman–Crippen MR) is 133 cm³/mol. The number of fused-ring (bicyclic) bond motifs is 5. The molecule has 8 atom stereocenters. The van der Waals surface area contributed by atoms with Crippen LogP contribution in [-0.2, 0) is 28.7 Å². The summed E-state index contributed by atoms with van der Waals surface area (Å²) in [6.07, 6.45) is 4.99. The first-order chi connectivity index (χ1) is 16.8. The van der Waals surface area contributed by atoms with Crippen LogP contribution < -0.4 is 0 Å². The molecule has 4 aliphatic rings. The smallest absolute Gasteiger partial charge is 0.334 e. The van der Waals surface area contributed by atoms with E-state index < -0.39 is 29.4 Å². The molecule has 0 spiro atoms. The molecule has 4 fully saturated rings. The minimum atomic E-state index is -1.52. The Morgan fingerprint density at radius 1 is 1.00 bits per heavy atom. The second kappa shape index (κ2) is 9.23. The second-order valence-electron chi connectivity index (χ2n) is 12.3. The molecule has 4 saturated carbocycles. The molecule has 1 N–H and O–H groups in total. The van der Waals surface area contributed by atoms with Crippen LogP contribution in [0, 0.1) is 34.5 Å². The van der Waals surface area contributed by atoms with Crippen molar-refractivity contribution >= 4 is 23.5 Å². The van der Waals surface area contributed by atoms with Crippen molar-refractivity contribution in [3.63, 3.8) is 0 Å². The summed E-state index contributed by atoms with van der Waals surface area (Å²) in [5.41, 5.74) is -2.01. The minimum absolute atomic E-state index is 0.0327. The van der Waals surface area contributed by atoms with Crippen molar-refractivity contribution in [3.05, 3.63) is 24.3 Å². The van der Waals surface area contributed by atoms with Gasteiger partial charge >= 0.3 is 11.9 Å². The molecule has 0 aromatic rings. The summed E-state index contributed by atoms with van der Waals surface area (Å²) in [5, 5.41) is 9.84. The molecule has 0 aromatic heterocycles. The Kier molecular flexibility index (Phi) is 6.87. The van der Waals surface area contributed by atoms with Gasteiger partial charge in [-0.25, -0.2) is 9.59 Å². The lowest BCUT2D eigenvalue weighted by atomic mass is 9.44. The Bertz CT molecular complexity index is 1010. The van der Waals surface area contributed by atoms with E-state index in [1.807, 2.05) is 6.92 Å². The van der Waals surface area contributed by atoms with Crippen molar-refractivity contribution < 1.29 is 33.8 Å². The molecule has 0 radical (unpaired) electrons. The van der Waals surface area contributed by atoms with Crippen LogP contribution in [0.4, 0.5) is 0 Å². The number of rotatable bonds is 6. The third-order valence-corrected chi connectivity index (χ3v) is 10.3. The largest absolute Gasteiger partial charge is 0.459 e. The number of ether oxygens (including phenoxy) is 2. The highest BCUT2D eigenvalue weighted by Crippen LogP contribution is 2.68. The van der Waals surface area contributed by atoms with Crippen molar-refractivity contribution in [2.45, 2.75) is 90.8 Å². The topological polar surface area (TPSA) is 107 Å². The molecule has 7 nitrogen and oxygen atoms in total. The van der Waals surface area contributed by atoms with E-state index in [4.69, 9.17) is 9.47 Å². The number of hydrogen-bond donors (Lipinski definition) is 1. The van der Waals surface area contributed by atoms with Gasteiger partial charge in [0.15, 0.2) is 5.60 Å². The van der Waals surface area contributed by atoms with Gasteiger partial charge in [0.2, 0.25) is 5.78 Å². The average Bonchev–Trinajstić information content (AvgIpc) is 3.10. The molecule has 36 heavy (non-hydrogen) atoms.